The molecule has 0 aliphatic heterocycles. The van der Waals surface area contributed by atoms with Gasteiger partial charge in [-0.05, 0) is 26.0 Å². The quantitative estimate of drug-likeness (QED) is 0.858. The minimum absolute atomic E-state index is 0.278. The van der Waals surface area contributed by atoms with Gasteiger partial charge in [0, 0.05) is 18.4 Å². The molecule has 6 nitrogen and oxygen atoms in total. The number of carbonyl (C=O) groups excluding carboxylic acids is 1. The number of primary amides is 1. The third-order valence-corrected chi connectivity index (χ3v) is 2.47. The van der Waals surface area contributed by atoms with Gasteiger partial charge in [0.15, 0.2) is 0 Å². The molecule has 0 bridgehead atoms. The smallest absolute Gasteiger partial charge is 0.252 e. The van der Waals surface area contributed by atoms with Gasteiger partial charge in [0.1, 0.15) is 5.82 Å². The number of rotatable bonds is 4. The van der Waals surface area contributed by atoms with Gasteiger partial charge in [-0.2, -0.15) is 5.10 Å². The van der Waals surface area contributed by atoms with Gasteiger partial charge in [0.25, 0.3) is 5.91 Å². The van der Waals surface area contributed by atoms with Crippen molar-refractivity contribution < 1.29 is 4.79 Å². The molecule has 2 rings (SSSR count). The fourth-order valence-corrected chi connectivity index (χ4v) is 1.53. The lowest BCUT2D eigenvalue weighted by molar-refractivity contribution is 0.100. The maximum atomic E-state index is 11.2. The van der Waals surface area contributed by atoms with Crippen LogP contribution in [0.2, 0.25) is 0 Å². The molecule has 0 radical (unpaired) electrons. The molecule has 0 spiro atoms. The topological polar surface area (TPSA) is 85.8 Å². The maximum Gasteiger partial charge on any atom is 0.252 e. The van der Waals surface area contributed by atoms with Crippen LogP contribution in [-0.2, 0) is 0 Å². The highest BCUT2D eigenvalue weighted by atomic mass is 16.1. The van der Waals surface area contributed by atoms with Crippen molar-refractivity contribution >= 4 is 17.4 Å². The van der Waals surface area contributed by atoms with Crippen molar-refractivity contribution in [2.45, 2.75) is 19.9 Å². The average molecular weight is 245 g/mol. The van der Waals surface area contributed by atoms with Crippen molar-refractivity contribution in [2.75, 3.05) is 5.32 Å². The lowest BCUT2D eigenvalue weighted by Gasteiger charge is -2.06. The zero-order chi connectivity index (χ0) is 13.1. The Bertz CT molecular complexity index is 561. The van der Waals surface area contributed by atoms with Crippen LogP contribution < -0.4 is 11.1 Å². The van der Waals surface area contributed by atoms with Crippen molar-refractivity contribution in [1.29, 1.82) is 0 Å². The molecule has 1 amide bonds. The Hall–Kier alpha value is -2.37. The maximum absolute atomic E-state index is 11.2. The van der Waals surface area contributed by atoms with Crippen molar-refractivity contribution in [3.05, 3.63) is 36.3 Å². The van der Waals surface area contributed by atoms with Gasteiger partial charge in [-0.15, -0.1) is 0 Å². The summed E-state index contributed by atoms with van der Waals surface area (Å²) in [5, 5.41) is 7.23. The fraction of sp³-hybridized carbons (Fsp3) is 0.250. The van der Waals surface area contributed by atoms with Gasteiger partial charge in [-0.25, -0.2) is 4.98 Å². The molecule has 18 heavy (non-hydrogen) atoms. The van der Waals surface area contributed by atoms with E-state index in [1.807, 2.05) is 24.7 Å². The Morgan fingerprint density at radius 1 is 1.50 bits per heavy atom. The number of pyridine rings is 1. The van der Waals surface area contributed by atoms with Crippen LogP contribution in [0.5, 0.6) is 0 Å². The lowest BCUT2D eigenvalue weighted by atomic mass is 10.2. The molecule has 0 saturated heterocycles. The standard InChI is InChI=1S/C12H15N5O/c1-8(2)17-7-9(6-15-17)16-12-10(11(13)18)4-3-5-14-12/h3-8H,1-2H3,(H2,13,18)(H,14,16). The number of aromatic nitrogens is 3. The van der Waals surface area contributed by atoms with Crippen LogP contribution in [-0.4, -0.2) is 20.7 Å². The van der Waals surface area contributed by atoms with Crippen LogP contribution in [0.4, 0.5) is 11.5 Å². The predicted molar refractivity (Wildman–Crippen MR) is 68.6 cm³/mol. The molecule has 6 heteroatoms. The van der Waals surface area contributed by atoms with Gasteiger partial charge in [0.05, 0.1) is 17.4 Å². The van der Waals surface area contributed by atoms with Gasteiger partial charge in [-0.1, -0.05) is 0 Å². The van der Waals surface area contributed by atoms with Crippen LogP contribution in [0, 0.1) is 0 Å². The normalized spacial score (nSPS) is 10.6. The highest BCUT2D eigenvalue weighted by molar-refractivity contribution is 5.98. The number of amides is 1. The van der Waals surface area contributed by atoms with Crippen LogP contribution >= 0.6 is 0 Å². The molecule has 0 aromatic carbocycles. The van der Waals surface area contributed by atoms with Gasteiger partial charge >= 0.3 is 0 Å². The van der Waals surface area contributed by atoms with E-state index >= 15 is 0 Å². The van der Waals surface area contributed by atoms with Crippen molar-refractivity contribution in [3.8, 4) is 0 Å². The van der Waals surface area contributed by atoms with E-state index in [0.29, 0.717) is 11.4 Å². The number of anilines is 2. The second-order valence-electron chi connectivity index (χ2n) is 4.19. The van der Waals surface area contributed by atoms with E-state index in [2.05, 4.69) is 15.4 Å². The summed E-state index contributed by atoms with van der Waals surface area (Å²) in [6.45, 7) is 4.07. The molecular weight excluding hydrogens is 230 g/mol. The van der Waals surface area contributed by atoms with Crippen molar-refractivity contribution in [3.63, 3.8) is 0 Å². The number of nitrogens with zero attached hydrogens (tertiary/aromatic N) is 3. The summed E-state index contributed by atoms with van der Waals surface area (Å²) >= 11 is 0. The summed E-state index contributed by atoms with van der Waals surface area (Å²) in [6.07, 6.45) is 5.13. The van der Waals surface area contributed by atoms with Gasteiger partial charge in [0.2, 0.25) is 0 Å². The van der Waals surface area contributed by atoms with Gasteiger partial charge in [-0.3, -0.25) is 9.48 Å². The Kier molecular flexibility index (Phi) is 3.27. The molecule has 2 heterocycles. The Morgan fingerprint density at radius 3 is 2.89 bits per heavy atom. The van der Waals surface area contributed by atoms with Crippen LogP contribution in [0.3, 0.4) is 0 Å². The van der Waals surface area contributed by atoms with E-state index in [1.54, 1.807) is 24.5 Å². The Balaban J connectivity index is 2.25. The first kappa shape index (κ1) is 12.1. The first-order chi connectivity index (χ1) is 8.58. The monoisotopic (exact) mass is 245 g/mol. The number of carbonyl (C=O) groups is 1. The molecule has 3 N–H and O–H groups in total. The summed E-state index contributed by atoms with van der Waals surface area (Å²) < 4.78 is 1.81. The first-order valence-corrected chi connectivity index (χ1v) is 5.64. The largest absolute Gasteiger partial charge is 0.365 e. The number of hydrogen-bond acceptors (Lipinski definition) is 4. The first-order valence-electron chi connectivity index (χ1n) is 5.64. The molecule has 0 saturated carbocycles. The number of hydrogen-bond donors (Lipinski definition) is 2. The molecule has 0 aliphatic rings. The zero-order valence-electron chi connectivity index (χ0n) is 10.3. The van der Waals surface area contributed by atoms with E-state index < -0.39 is 5.91 Å². The zero-order valence-corrected chi connectivity index (χ0v) is 10.3. The minimum atomic E-state index is -0.512. The van der Waals surface area contributed by atoms with Crippen molar-refractivity contribution in [1.82, 2.24) is 14.8 Å². The average Bonchev–Trinajstić information content (AvgIpc) is 2.78. The van der Waals surface area contributed by atoms with E-state index in [-0.39, 0.29) is 6.04 Å². The van der Waals surface area contributed by atoms with E-state index in [4.69, 9.17) is 5.73 Å². The van der Waals surface area contributed by atoms with E-state index in [0.717, 1.165) is 5.69 Å². The van der Waals surface area contributed by atoms with E-state index in [1.165, 1.54) is 0 Å². The molecule has 0 atom stereocenters. The highest BCUT2D eigenvalue weighted by Crippen LogP contribution is 2.18. The molecule has 94 valence electrons. The molecule has 0 aliphatic carbocycles. The van der Waals surface area contributed by atoms with Crippen LogP contribution in [0.15, 0.2) is 30.7 Å². The Labute approximate surface area is 105 Å². The van der Waals surface area contributed by atoms with Crippen LogP contribution in [0.25, 0.3) is 0 Å². The summed E-state index contributed by atoms with van der Waals surface area (Å²) in [7, 11) is 0. The van der Waals surface area contributed by atoms with Gasteiger partial charge < -0.3 is 11.1 Å². The third-order valence-electron chi connectivity index (χ3n) is 2.47. The number of nitrogens with two attached hydrogens (primary N) is 1. The molecule has 2 aromatic heterocycles. The lowest BCUT2D eigenvalue weighted by Crippen LogP contribution is -2.13. The van der Waals surface area contributed by atoms with Crippen LogP contribution in [0.1, 0.15) is 30.2 Å². The molecular formula is C12H15N5O. The third kappa shape index (κ3) is 2.48. The summed E-state index contributed by atoms with van der Waals surface area (Å²) in [5.41, 5.74) is 6.41. The highest BCUT2D eigenvalue weighted by Gasteiger charge is 2.10. The molecule has 2 aromatic rings. The molecule has 0 fully saturated rings. The number of nitrogens with one attached hydrogen (secondary N) is 1. The Morgan fingerprint density at radius 2 is 2.28 bits per heavy atom. The second kappa shape index (κ2) is 4.87. The second-order valence-corrected chi connectivity index (χ2v) is 4.19. The van der Waals surface area contributed by atoms with Crippen molar-refractivity contribution in [2.24, 2.45) is 5.73 Å². The summed E-state index contributed by atoms with van der Waals surface area (Å²) in [6, 6.07) is 3.58. The summed E-state index contributed by atoms with van der Waals surface area (Å²) in [5.74, 6) is -0.0739. The fourth-order valence-electron chi connectivity index (χ4n) is 1.53. The molecule has 0 unspecified atom stereocenters. The minimum Gasteiger partial charge on any atom is -0.365 e. The SMILES string of the molecule is CC(C)n1cc(Nc2ncccc2C(N)=O)cn1. The van der Waals surface area contributed by atoms with E-state index in [9.17, 15) is 4.79 Å². The predicted octanol–water partition coefficient (Wildman–Crippen LogP) is 1.70. The summed E-state index contributed by atoms with van der Waals surface area (Å²) in [4.78, 5) is 15.3.